The summed E-state index contributed by atoms with van der Waals surface area (Å²) in [6.45, 7) is 0.300. The van der Waals surface area contributed by atoms with E-state index in [9.17, 15) is 9.59 Å². The van der Waals surface area contributed by atoms with Gasteiger partial charge in [0.15, 0.2) is 0 Å². The number of rotatable bonds is 5. The van der Waals surface area contributed by atoms with Crippen molar-refractivity contribution in [1.82, 2.24) is 15.1 Å². The van der Waals surface area contributed by atoms with Gasteiger partial charge in [0.2, 0.25) is 11.4 Å². The van der Waals surface area contributed by atoms with Gasteiger partial charge < -0.3 is 14.1 Å². The zero-order chi connectivity index (χ0) is 17.4. The first kappa shape index (κ1) is 15.7. The lowest BCUT2D eigenvalue weighted by Crippen LogP contribution is -2.37. The Morgan fingerprint density at radius 3 is 3.00 bits per heavy atom. The Bertz CT molecular complexity index is 837. The first-order valence-electron chi connectivity index (χ1n) is 7.75. The van der Waals surface area contributed by atoms with Gasteiger partial charge in [0.1, 0.15) is 11.3 Å². The number of hydrogen-bond donors (Lipinski definition) is 0. The fraction of sp³-hybridized carbons (Fsp3) is 0.375. The summed E-state index contributed by atoms with van der Waals surface area (Å²) in [7, 11) is 0. The number of terminal acetylenes is 1. The Kier molecular flexibility index (Phi) is 3.89. The van der Waals surface area contributed by atoms with Gasteiger partial charge in [0.05, 0.1) is 24.9 Å². The maximum atomic E-state index is 12.7. The molecule has 2 aromatic rings. The van der Waals surface area contributed by atoms with Crippen molar-refractivity contribution in [3.63, 3.8) is 0 Å². The number of urea groups is 1. The second kappa shape index (κ2) is 6.22. The smallest absolute Gasteiger partial charge is 0.343 e. The molecule has 0 bridgehead atoms. The van der Waals surface area contributed by atoms with Gasteiger partial charge >= 0.3 is 12.0 Å². The summed E-state index contributed by atoms with van der Waals surface area (Å²) < 4.78 is 10.4. The first-order valence-corrected chi connectivity index (χ1v) is 8.57. The Hall–Kier alpha value is -2.86. The number of aromatic nitrogens is 2. The van der Waals surface area contributed by atoms with E-state index in [0.29, 0.717) is 11.0 Å². The molecule has 25 heavy (non-hydrogen) atoms. The van der Waals surface area contributed by atoms with E-state index < -0.39 is 12.2 Å². The number of carbonyl (C=O) groups is 2. The molecule has 2 aromatic heterocycles. The molecule has 1 saturated carbocycles. The molecule has 1 atom stereocenters. The van der Waals surface area contributed by atoms with E-state index in [1.165, 1.54) is 39.7 Å². The highest BCUT2D eigenvalue weighted by atomic mass is 32.1. The molecule has 128 valence electrons. The van der Waals surface area contributed by atoms with Crippen molar-refractivity contribution in [2.75, 3.05) is 18.0 Å². The van der Waals surface area contributed by atoms with Crippen molar-refractivity contribution < 1.29 is 18.7 Å². The summed E-state index contributed by atoms with van der Waals surface area (Å²) in [5.41, 5.74) is 0.277. The lowest BCUT2D eigenvalue weighted by atomic mass is 10.3. The van der Waals surface area contributed by atoms with Crippen LogP contribution in [0.2, 0.25) is 0 Å². The summed E-state index contributed by atoms with van der Waals surface area (Å²) >= 11 is 1.35. The van der Waals surface area contributed by atoms with Crippen LogP contribution in [0, 0.1) is 12.3 Å². The Labute approximate surface area is 147 Å². The van der Waals surface area contributed by atoms with E-state index in [1.807, 2.05) is 0 Å². The van der Waals surface area contributed by atoms with Crippen LogP contribution in [-0.2, 0) is 4.74 Å². The van der Waals surface area contributed by atoms with Crippen molar-refractivity contribution in [1.29, 1.82) is 0 Å². The van der Waals surface area contributed by atoms with Crippen molar-refractivity contribution in [3.05, 3.63) is 29.2 Å². The molecular weight excluding hydrogens is 344 g/mol. The molecule has 1 unspecified atom stereocenters. The Morgan fingerprint density at radius 1 is 1.48 bits per heavy atom. The third-order valence-electron chi connectivity index (χ3n) is 3.99. The van der Waals surface area contributed by atoms with Gasteiger partial charge in [0, 0.05) is 5.92 Å². The number of ether oxygens (including phenoxy) is 1. The standard InChI is InChI=1S/C16H14N4O4S/c1-2-6-19-8-12(24-14(21)11-5-7-23-9-11)20(16(19)22)15-18-17-13(25-15)10-3-4-10/h1,5,7,9-10,12H,3-4,6,8H2. The van der Waals surface area contributed by atoms with Crippen molar-refractivity contribution in [2.24, 2.45) is 0 Å². The molecule has 0 radical (unpaired) electrons. The van der Waals surface area contributed by atoms with Gasteiger partial charge in [-0.25, -0.2) is 14.5 Å². The average molecular weight is 358 g/mol. The number of carbonyl (C=O) groups excluding carboxylic acids is 2. The number of esters is 1. The minimum Gasteiger partial charge on any atom is -0.472 e. The number of hydrogen-bond acceptors (Lipinski definition) is 7. The molecule has 1 saturated heterocycles. The van der Waals surface area contributed by atoms with Crippen LogP contribution in [0.5, 0.6) is 0 Å². The second-order valence-corrected chi connectivity index (χ2v) is 6.79. The maximum absolute atomic E-state index is 12.7. The van der Waals surface area contributed by atoms with Gasteiger partial charge in [-0.2, -0.15) is 0 Å². The van der Waals surface area contributed by atoms with E-state index in [0.717, 1.165) is 17.8 Å². The van der Waals surface area contributed by atoms with Crippen LogP contribution >= 0.6 is 11.3 Å². The molecule has 4 rings (SSSR count). The molecule has 8 nitrogen and oxygen atoms in total. The molecule has 2 amide bonds. The zero-order valence-electron chi connectivity index (χ0n) is 13.1. The van der Waals surface area contributed by atoms with Crippen molar-refractivity contribution in [2.45, 2.75) is 25.0 Å². The highest BCUT2D eigenvalue weighted by Gasteiger charge is 2.43. The number of furan rings is 1. The zero-order valence-corrected chi connectivity index (χ0v) is 13.9. The third kappa shape index (κ3) is 2.96. The number of amides is 2. The Balaban J connectivity index is 1.58. The van der Waals surface area contributed by atoms with Crippen LogP contribution < -0.4 is 4.90 Å². The topological polar surface area (TPSA) is 88.8 Å². The summed E-state index contributed by atoms with van der Waals surface area (Å²) in [6.07, 6.45) is 9.35. The molecule has 1 aliphatic carbocycles. The number of anilines is 1. The molecule has 1 aliphatic heterocycles. The van der Waals surface area contributed by atoms with Crippen LogP contribution in [0.3, 0.4) is 0 Å². The summed E-state index contributed by atoms with van der Waals surface area (Å²) in [5.74, 6) is 2.29. The summed E-state index contributed by atoms with van der Waals surface area (Å²) in [5, 5.41) is 9.58. The minimum absolute atomic E-state index is 0.128. The number of nitrogens with zero attached hydrogens (tertiary/aromatic N) is 4. The lowest BCUT2D eigenvalue weighted by Gasteiger charge is -2.19. The average Bonchev–Trinajstić information content (AvgIpc) is 3.01. The molecule has 2 aliphatic rings. The van der Waals surface area contributed by atoms with Gasteiger partial charge in [-0.3, -0.25) is 0 Å². The maximum Gasteiger partial charge on any atom is 0.343 e. The predicted octanol–water partition coefficient (Wildman–Crippen LogP) is 2.07. The third-order valence-corrected chi connectivity index (χ3v) is 5.07. The molecule has 0 spiro atoms. The largest absolute Gasteiger partial charge is 0.472 e. The molecular formula is C16H14N4O4S. The highest BCUT2D eigenvalue weighted by molar-refractivity contribution is 7.15. The van der Waals surface area contributed by atoms with Gasteiger partial charge in [-0.1, -0.05) is 17.3 Å². The van der Waals surface area contributed by atoms with E-state index in [-0.39, 0.29) is 24.7 Å². The van der Waals surface area contributed by atoms with E-state index >= 15 is 0 Å². The quantitative estimate of drug-likeness (QED) is 0.600. The lowest BCUT2D eigenvalue weighted by molar-refractivity contribution is 0.0328. The predicted molar refractivity (Wildman–Crippen MR) is 88.1 cm³/mol. The molecule has 2 fully saturated rings. The fourth-order valence-corrected chi connectivity index (χ4v) is 3.60. The second-order valence-electron chi connectivity index (χ2n) is 5.81. The summed E-state index contributed by atoms with van der Waals surface area (Å²) in [6, 6.07) is 1.15. The molecule has 3 heterocycles. The fourth-order valence-electron chi connectivity index (χ4n) is 2.55. The van der Waals surface area contributed by atoms with Gasteiger partial charge in [-0.05, 0) is 18.9 Å². The molecule has 0 aromatic carbocycles. The van der Waals surface area contributed by atoms with Crippen molar-refractivity contribution >= 4 is 28.5 Å². The van der Waals surface area contributed by atoms with Crippen LogP contribution in [0.1, 0.15) is 34.1 Å². The van der Waals surface area contributed by atoms with Crippen LogP contribution in [0.15, 0.2) is 23.0 Å². The van der Waals surface area contributed by atoms with Crippen molar-refractivity contribution in [3.8, 4) is 12.3 Å². The van der Waals surface area contributed by atoms with Crippen LogP contribution in [0.4, 0.5) is 9.93 Å². The van der Waals surface area contributed by atoms with E-state index in [4.69, 9.17) is 15.6 Å². The monoisotopic (exact) mass is 358 g/mol. The molecule has 0 N–H and O–H groups in total. The summed E-state index contributed by atoms with van der Waals surface area (Å²) in [4.78, 5) is 27.7. The van der Waals surface area contributed by atoms with Gasteiger partial charge in [0.25, 0.3) is 0 Å². The van der Waals surface area contributed by atoms with Crippen LogP contribution in [0.25, 0.3) is 0 Å². The van der Waals surface area contributed by atoms with E-state index in [1.54, 1.807) is 0 Å². The first-order chi connectivity index (χ1) is 12.2. The Morgan fingerprint density at radius 2 is 2.32 bits per heavy atom. The van der Waals surface area contributed by atoms with Crippen LogP contribution in [-0.4, -0.2) is 46.4 Å². The normalized spacial score (nSPS) is 20.0. The highest BCUT2D eigenvalue weighted by Crippen LogP contribution is 2.43. The SMILES string of the molecule is C#CCN1CC(OC(=O)c2ccoc2)N(c2nnc(C3CC3)s2)C1=O. The minimum atomic E-state index is -0.816. The molecule has 9 heteroatoms. The van der Waals surface area contributed by atoms with E-state index in [2.05, 4.69) is 16.1 Å². The van der Waals surface area contributed by atoms with Gasteiger partial charge in [-0.15, -0.1) is 16.6 Å².